The molecule has 26 heavy (non-hydrogen) atoms. The molecule has 1 amide bonds. The Morgan fingerprint density at radius 2 is 1.88 bits per heavy atom. The normalized spacial score (nSPS) is 19.2. The lowest BCUT2D eigenvalue weighted by molar-refractivity contribution is -0.116. The van der Waals surface area contributed by atoms with Gasteiger partial charge in [0.25, 0.3) is 10.0 Å². The Morgan fingerprint density at radius 1 is 1.12 bits per heavy atom. The number of amides is 1. The molecule has 6 nitrogen and oxygen atoms in total. The molecule has 0 bridgehead atoms. The molecule has 0 fully saturated rings. The first-order valence-electron chi connectivity index (χ1n) is 8.60. The number of rotatable bonds is 2. The molecule has 1 atom stereocenters. The lowest BCUT2D eigenvalue weighted by Gasteiger charge is -2.33. The molecule has 0 saturated carbocycles. The van der Waals surface area contributed by atoms with Gasteiger partial charge in [-0.1, -0.05) is 18.2 Å². The van der Waals surface area contributed by atoms with Crippen LogP contribution in [-0.4, -0.2) is 32.5 Å². The largest absolute Gasteiger partial charge is 0.388 e. The molecule has 2 aliphatic heterocycles. The fourth-order valence-corrected chi connectivity index (χ4v) is 5.31. The van der Waals surface area contributed by atoms with E-state index in [0.717, 1.165) is 11.3 Å². The first-order chi connectivity index (χ1) is 12.4. The Hall–Kier alpha value is -2.38. The zero-order valence-corrected chi connectivity index (χ0v) is 15.2. The predicted octanol–water partition coefficient (Wildman–Crippen LogP) is 2.23. The highest BCUT2D eigenvalue weighted by molar-refractivity contribution is 7.92. The van der Waals surface area contributed by atoms with Gasteiger partial charge in [-0.15, -0.1) is 0 Å². The number of sulfonamides is 1. The van der Waals surface area contributed by atoms with Crippen LogP contribution in [-0.2, 0) is 21.2 Å². The van der Waals surface area contributed by atoms with Gasteiger partial charge in [0.05, 0.1) is 16.7 Å². The standard InChI is InChI=1S/C19H20N2O4S/c1-13(22)20-10-8-14-12-15(6-7-17(14)20)26(24,25)21-11-9-19(23)16-4-2-3-5-18(16)21/h2-7,12,19,23H,8-11H2,1H3. The van der Waals surface area contributed by atoms with Crippen molar-refractivity contribution >= 4 is 27.3 Å². The minimum absolute atomic E-state index is 0.0432. The van der Waals surface area contributed by atoms with Gasteiger partial charge in [-0.05, 0) is 42.7 Å². The van der Waals surface area contributed by atoms with Crippen LogP contribution in [0.5, 0.6) is 0 Å². The van der Waals surface area contributed by atoms with Gasteiger partial charge in [-0.25, -0.2) is 8.42 Å². The van der Waals surface area contributed by atoms with Crippen LogP contribution in [0.3, 0.4) is 0 Å². The second kappa shape index (κ2) is 6.10. The summed E-state index contributed by atoms with van der Waals surface area (Å²) < 4.78 is 27.8. The summed E-state index contributed by atoms with van der Waals surface area (Å²) in [6.45, 7) is 2.32. The number of hydrogen-bond donors (Lipinski definition) is 1. The SMILES string of the molecule is CC(=O)N1CCc2cc(S(=O)(=O)N3CCC(O)c4ccccc43)ccc21. The highest BCUT2D eigenvalue weighted by atomic mass is 32.2. The summed E-state index contributed by atoms with van der Waals surface area (Å²) in [7, 11) is -3.74. The van der Waals surface area contributed by atoms with Crippen molar-refractivity contribution in [2.24, 2.45) is 0 Å². The number of aliphatic hydroxyl groups is 1. The fourth-order valence-electron chi connectivity index (χ4n) is 3.75. The van der Waals surface area contributed by atoms with Gasteiger partial charge in [0.1, 0.15) is 0 Å². The number of fused-ring (bicyclic) bond motifs is 2. The predicted molar refractivity (Wildman–Crippen MR) is 98.7 cm³/mol. The number of nitrogens with zero attached hydrogens (tertiary/aromatic N) is 2. The van der Waals surface area contributed by atoms with E-state index in [1.54, 1.807) is 47.4 Å². The molecule has 0 aromatic heterocycles. The van der Waals surface area contributed by atoms with Crippen LogP contribution >= 0.6 is 0 Å². The van der Waals surface area contributed by atoms with E-state index in [1.165, 1.54) is 11.2 Å². The van der Waals surface area contributed by atoms with Gasteiger partial charge in [-0.2, -0.15) is 0 Å². The summed E-state index contributed by atoms with van der Waals surface area (Å²) in [6.07, 6.45) is 0.356. The molecule has 0 saturated heterocycles. The first-order valence-corrected chi connectivity index (χ1v) is 10.0. The minimum atomic E-state index is -3.74. The molecule has 0 aliphatic carbocycles. The monoisotopic (exact) mass is 372 g/mol. The zero-order chi connectivity index (χ0) is 18.5. The van der Waals surface area contributed by atoms with Crippen LogP contribution < -0.4 is 9.21 Å². The molecule has 0 radical (unpaired) electrons. The summed E-state index contributed by atoms with van der Waals surface area (Å²) in [4.78, 5) is 13.6. The molecule has 4 rings (SSSR count). The van der Waals surface area contributed by atoms with Crippen molar-refractivity contribution in [1.82, 2.24) is 0 Å². The third kappa shape index (κ3) is 2.59. The Bertz CT molecular complexity index is 987. The third-order valence-corrected chi connectivity index (χ3v) is 6.89. The molecule has 136 valence electrons. The molecule has 2 aromatic rings. The number of hydrogen-bond acceptors (Lipinski definition) is 4. The van der Waals surface area contributed by atoms with E-state index in [2.05, 4.69) is 0 Å². The number of benzene rings is 2. The smallest absolute Gasteiger partial charge is 0.264 e. The quantitative estimate of drug-likeness (QED) is 0.877. The topological polar surface area (TPSA) is 77.9 Å². The second-order valence-electron chi connectivity index (χ2n) is 6.65. The van der Waals surface area contributed by atoms with Crippen LogP contribution in [0.2, 0.25) is 0 Å². The van der Waals surface area contributed by atoms with E-state index < -0.39 is 16.1 Å². The van der Waals surface area contributed by atoms with Crippen molar-refractivity contribution in [3.05, 3.63) is 53.6 Å². The lowest BCUT2D eigenvalue weighted by atomic mass is 10.0. The molecule has 0 spiro atoms. The van der Waals surface area contributed by atoms with Crippen LogP contribution in [0.15, 0.2) is 47.4 Å². The van der Waals surface area contributed by atoms with E-state index in [4.69, 9.17) is 0 Å². The van der Waals surface area contributed by atoms with E-state index in [9.17, 15) is 18.3 Å². The summed E-state index contributed by atoms with van der Waals surface area (Å²) >= 11 is 0. The summed E-state index contributed by atoms with van der Waals surface area (Å²) in [5.41, 5.74) is 2.81. The van der Waals surface area contributed by atoms with Crippen molar-refractivity contribution < 1.29 is 18.3 Å². The highest BCUT2D eigenvalue weighted by Gasteiger charge is 2.33. The molecule has 2 aliphatic rings. The molecule has 1 N–H and O–H groups in total. The molecule has 1 unspecified atom stereocenters. The van der Waals surface area contributed by atoms with E-state index in [0.29, 0.717) is 30.6 Å². The third-order valence-electron chi connectivity index (χ3n) is 5.08. The Balaban J connectivity index is 1.75. The fraction of sp³-hybridized carbons (Fsp3) is 0.316. The number of carbonyl (C=O) groups is 1. The van der Waals surface area contributed by atoms with Gasteiger partial charge < -0.3 is 10.0 Å². The van der Waals surface area contributed by atoms with Crippen LogP contribution in [0, 0.1) is 0 Å². The average molecular weight is 372 g/mol. The highest BCUT2D eigenvalue weighted by Crippen LogP contribution is 2.38. The molecule has 2 heterocycles. The zero-order valence-electron chi connectivity index (χ0n) is 14.4. The summed E-state index contributed by atoms with van der Waals surface area (Å²) in [6, 6.07) is 12.0. The van der Waals surface area contributed by atoms with E-state index in [1.807, 2.05) is 0 Å². The van der Waals surface area contributed by atoms with E-state index in [-0.39, 0.29) is 17.3 Å². The molecular weight excluding hydrogens is 352 g/mol. The Kier molecular flexibility index (Phi) is 4.00. The van der Waals surface area contributed by atoms with Crippen molar-refractivity contribution in [1.29, 1.82) is 0 Å². The maximum Gasteiger partial charge on any atom is 0.264 e. The van der Waals surface area contributed by atoms with Crippen molar-refractivity contribution in [2.45, 2.75) is 30.8 Å². The minimum Gasteiger partial charge on any atom is -0.388 e. The number of carbonyl (C=O) groups excluding carboxylic acids is 1. The van der Waals surface area contributed by atoms with Gasteiger partial charge in [0, 0.05) is 31.3 Å². The Labute approximate surface area is 152 Å². The maximum atomic E-state index is 13.2. The van der Waals surface area contributed by atoms with Gasteiger partial charge in [-0.3, -0.25) is 9.10 Å². The molecular formula is C19H20N2O4S. The van der Waals surface area contributed by atoms with Gasteiger partial charge in [0.15, 0.2) is 0 Å². The molecule has 2 aromatic carbocycles. The number of aliphatic hydroxyl groups excluding tert-OH is 1. The first kappa shape index (κ1) is 17.1. The van der Waals surface area contributed by atoms with Crippen molar-refractivity contribution in [3.63, 3.8) is 0 Å². The lowest BCUT2D eigenvalue weighted by Crippen LogP contribution is -2.36. The van der Waals surface area contributed by atoms with Crippen LogP contribution in [0.4, 0.5) is 11.4 Å². The van der Waals surface area contributed by atoms with Crippen LogP contribution in [0.1, 0.15) is 30.6 Å². The molecule has 7 heteroatoms. The maximum absolute atomic E-state index is 13.2. The number of anilines is 2. The second-order valence-corrected chi connectivity index (χ2v) is 8.51. The van der Waals surface area contributed by atoms with Crippen molar-refractivity contribution in [2.75, 3.05) is 22.3 Å². The van der Waals surface area contributed by atoms with Gasteiger partial charge >= 0.3 is 0 Å². The average Bonchev–Trinajstić information content (AvgIpc) is 3.05. The van der Waals surface area contributed by atoms with Gasteiger partial charge in [0.2, 0.25) is 5.91 Å². The Morgan fingerprint density at radius 3 is 2.65 bits per heavy atom. The summed E-state index contributed by atoms with van der Waals surface area (Å²) in [5, 5.41) is 10.2. The van der Waals surface area contributed by atoms with E-state index >= 15 is 0 Å². The number of para-hydroxylation sites is 1. The van der Waals surface area contributed by atoms with Crippen molar-refractivity contribution in [3.8, 4) is 0 Å². The van der Waals surface area contributed by atoms with Crippen LogP contribution in [0.25, 0.3) is 0 Å². The summed E-state index contributed by atoms with van der Waals surface area (Å²) in [5.74, 6) is -0.0432.